The van der Waals surface area contributed by atoms with Crippen molar-refractivity contribution in [2.45, 2.75) is 63.3 Å². The Balaban J connectivity index is 1.34. The summed E-state index contributed by atoms with van der Waals surface area (Å²) in [4.78, 5) is 27.3. The number of carbonyl (C=O) groups excluding carboxylic acids is 1. The zero-order valence-corrected chi connectivity index (χ0v) is 18.0. The lowest BCUT2D eigenvalue weighted by molar-refractivity contribution is -0.132. The molecule has 162 valence electrons. The quantitative estimate of drug-likeness (QED) is 0.731. The molecule has 2 heterocycles. The predicted molar refractivity (Wildman–Crippen MR) is 115 cm³/mol. The van der Waals surface area contributed by atoms with Gasteiger partial charge in [-0.15, -0.1) is 0 Å². The molecule has 7 nitrogen and oxygen atoms in total. The Labute approximate surface area is 177 Å². The van der Waals surface area contributed by atoms with E-state index in [4.69, 9.17) is 4.74 Å². The molecule has 1 aromatic carbocycles. The molecule has 4 rings (SSSR count). The van der Waals surface area contributed by atoms with E-state index in [1.807, 2.05) is 33.7 Å². The van der Waals surface area contributed by atoms with Crippen molar-refractivity contribution in [2.24, 2.45) is 7.05 Å². The Bertz CT molecular complexity index is 917. The summed E-state index contributed by atoms with van der Waals surface area (Å²) in [6.45, 7) is 1.48. The number of ether oxygens (including phenoxy) is 1. The zero-order chi connectivity index (χ0) is 21.1. The van der Waals surface area contributed by atoms with Gasteiger partial charge in [0, 0.05) is 38.5 Å². The number of rotatable bonds is 6. The monoisotopic (exact) mass is 412 g/mol. The maximum atomic E-state index is 12.7. The largest absolute Gasteiger partial charge is 0.497 e. The molecule has 1 aromatic heterocycles. The maximum Gasteiger partial charge on any atom is 0.345 e. The molecule has 1 aliphatic heterocycles. The first-order valence-electron chi connectivity index (χ1n) is 11.1. The molecule has 2 aromatic rings. The van der Waals surface area contributed by atoms with Crippen molar-refractivity contribution in [3.8, 4) is 5.75 Å². The van der Waals surface area contributed by atoms with Crippen LogP contribution in [-0.2, 0) is 18.3 Å². The molecule has 0 spiro atoms. The number of nitrogens with zero attached hydrogens (tertiary/aromatic N) is 4. The van der Waals surface area contributed by atoms with Gasteiger partial charge in [-0.2, -0.15) is 5.10 Å². The van der Waals surface area contributed by atoms with Crippen molar-refractivity contribution in [3.63, 3.8) is 0 Å². The van der Waals surface area contributed by atoms with Crippen LogP contribution in [-0.4, -0.2) is 45.4 Å². The molecule has 0 radical (unpaired) electrons. The van der Waals surface area contributed by atoms with Gasteiger partial charge in [-0.05, 0) is 49.8 Å². The van der Waals surface area contributed by atoms with Crippen LogP contribution in [0.3, 0.4) is 0 Å². The lowest BCUT2D eigenvalue weighted by Crippen LogP contribution is -2.39. The first kappa shape index (κ1) is 20.7. The van der Waals surface area contributed by atoms with Gasteiger partial charge in [-0.25, -0.2) is 9.48 Å². The lowest BCUT2D eigenvalue weighted by atomic mass is 9.95. The van der Waals surface area contributed by atoms with Crippen LogP contribution in [0.15, 0.2) is 29.1 Å². The van der Waals surface area contributed by atoms with Gasteiger partial charge in [0.25, 0.3) is 0 Å². The van der Waals surface area contributed by atoms with E-state index in [-0.39, 0.29) is 17.5 Å². The summed E-state index contributed by atoms with van der Waals surface area (Å²) < 4.78 is 8.63. The van der Waals surface area contributed by atoms with Crippen LogP contribution in [0.1, 0.15) is 68.3 Å². The summed E-state index contributed by atoms with van der Waals surface area (Å²) >= 11 is 0. The molecule has 1 aliphatic carbocycles. The van der Waals surface area contributed by atoms with Gasteiger partial charge < -0.3 is 9.64 Å². The van der Waals surface area contributed by atoms with Crippen molar-refractivity contribution >= 4 is 5.91 Å². The third kappa shape index (κ3) is 4.30. The van der Waals surface area contributed by atoms with E-state index >= 15 is 0 Å². The van der Waals surface area contributed by atoms with E-state index in [0.717, 1.165) is 62.3 Å². The minimum atomic E-state index is 0.00916. The van der Waals surface area contributed by atoms with Crippen molar-refractivity contribution < 1.29 is 9.53 Å². The molecule has 0 unspecified atom stereocenters. The Morgan fingerprint density at radius 1 is 1.10 bits per heavy atom. The van der Waals surface area contributed by atoms with Crippen molar-refractivity contribution in [1.82, 2.24) is 19.2 Å². The molecule has 1 saturated carbocycles. The minimum absolute atomic E-state index is 0.00916. The highest BCUT2D eigenvalue weighted by Crippen LogP contribution is 2.33. The molecule has 0 atom stereocenters. The SMILES string of the molecule is COc1ccc(CCC(=O)N2CCC(c3nn(C)c(=O)n3C3CCCC3)CC2)cc1. The predicted octanol–water partition coefficient (Wildman–Crippen LogP) is 3.04. The molecule has 0 N–H and O–H groups in total. The molecular weight excluding hydrogens is 380 g/mol. The van der Waals surface area contributed by atoms with Crippen LogP contribution in [0.25, 0.3) is 0 Å². The van der Waals surface area contributed by atoms with Crippen LogP contribution >= 0.6 is 0 Å². The number of carbonyl (C=O) groups is 1. The third-order valence-corrected chi connectivity index (χ3v) is 6.67. The lowest BCUT2D eigenvalue weighted by Gasteiger charge is -2.32. The van der Waals surface area contributed by atoms with Crippen LogP contribution < -0.4 is 10.4 Å². The Morgan fingerprint density at radius 2 is 1.77 bits per heavy atom. The van der Waals surface area contributed by atoms with Gasteiger partial charge in [0.2, 0.25) is 5.91 Å². The van der Waals surface area contributed by atoms with Crippen LogP contribution in [0.5, 0.6) is 5.75 Å². The molecule has 0 bridgehead atoms. The van der Waals surface area contributed by atoms with Gasteiger partial charge in [0.1, 0.15) is 11.6 Å². The normalized spacial score (nSPS) is 18.1. The Kier molecular flexibility index (Phi) is 6.25. The summed E-state index contributed by atoms with van der Waals surface area (Å²) in [5.74, 6) is 2.22. The second-order valence-electron chi connectivity index (χ2n) is 8.58. The topological polar surface area (TPSA) is 69.4 Å². The first-order chi connectivity index (χ1) is 14.6. The number of aryl methyl sites for hydroxylation is 2. The summed E-state index contributed by atoms with van der Waals surface area (Å²) in [7, 11) is 3.40. The van der Waals surface area contributed by atoms with E-state index in [1.165, 1.54) is 17.5 Å². The van der Waals surface area contributed by atoms with Crippen molar-refractivity contribution in [3.05, 3.63) is 46.1 Å². The second-order valence-corrected chi connectivity index (χ2v) is 8.58. The molecule has 1 saturated heterocycles. The van der Waals surface area contributed by atoms with E-state index in [9.17, 15) is 9.59 Å². The smallest absolute Gasteiger partial charge is 0.345 e. The number of methoxy groups -OCH3 is 1. The number of piperidine rings is 1. The summed E-state index contributed by atoms with van der Waals surface area (Å²) in [6.07, 6.45) is 7.52. The average molecular weight is 413 g/mol. The van der Waals surface area contributed by atoms with Crippen molar-refractivity contribution in [2.75, 3.05) is 20.2 Å². The highest BCUT2D eigenvalue weighted by Gasteiger charge is 2.31. The fourth-order valence-corrected chi connectivity index (χ4v) is 4.87. The first-order valence-corrected chi connectivity index (χ1v) is 11.1. The van der Waals surface area contributed by atoms with E-state index in [0.29, 0.717) is 12.5 Å². The molecule has 2 aliphatic rings. The molecule has 30 heavy (non-hydrogen) atoms. The number of hydrogen-bond donors (Lipinski definition) is 0. The van der Waals surface area contributed by atoms with Crippen LogP contribution in [0, 0.1) is 0 Å². The fourth-order valence-electron chi connectivity index (χ4n) is 4.87. The summed E-state index contributed by atoms with van der Waals surface area (Å²) in [5.41, 5.74) is 1.16. The minimum Gasteiger partial charge on any atom is -0.497 e. The maximum absolute atomic E-state index is 12.7. The van der Waals surface area contributed by atoms with Gasteiger partial charge in [-0.1, -0.05) is 25.0 Å². The van der Waals surface area contributed by atoms with E-state index < -0.39 is 0 Å². The van der Waals surface area contributed by atoms with Crippen molar-refractivity contribution in [1.29, 1.82) is 0 Å². The average Bonchev–Trinajstić information content (AvgIpc) is 3.41. The molecule has 1 amide bonds. The van der Waals surface area contributed by atoms with Crippen LogP contribution in [0.2, 0.25) is 0 Å². The van der Waals surface area contributed by atoms with Gasteiger partial charge >= 0.3 is 5.69 Å². The number of amides is 1. The number of benzene rings is 1. The van der Waals surface area contributed by atoms with Gasteiger partial charge in [0.15, 0.2) is 0 Å². The number of likely N-dealkylation sites (tertiary alicyclic amines) is 1. The van der Waals surface area contributed by atoms with E-state index in [1.54, 1.807) is 14.2 Å². The molecule has 7 heteroatoms. The fraction of sp³-hybridized carbons (Fsp3) is 0.609. The Hall–Kier alpha value is -2.57. The summed E-state index contributed by atoms with van der Waals surface area (Å²) in [6, 6.07) is 8.19. The second kappa shape index (κ2) is 9.06. The summed E-state index contributed by atoms with van der Waals surface area (Å²) in [5, 5.41) is 4.59. The molecular formula is C23H32N4O3. The molecule has 2 fully saturated rings. The highest BCUT2D eigenvalue weighted by molar-refractivity contribution is 5.76. The standard InChI is InChI=1S/C23H32N4O3/c1-25-23(29)27(19-5-3-4-6-19)22(24-25)18-13-15-26(16-14-18)21(28)12-9-17-7-10-20(30-2)11-8-17/h7-8,10-11,18-19H,3-6,9,12-16H2,1-2H3. The van der Waals surface area contributed by atoms with Crippen LogP contribution in [0.4, 0.5) is 0 Å². The third-order valence-electron chi connectivity index (χ3n) is 6.67. The van der Waals surface area contributed by atoms with E-state index in [2.05, 4.69) is 5.10 Å². The Morgan fingerprint density at radius 3 is 2.40 bits per heavy atom. The van der Waals surface area contributed by atoms with Gasteiger partial charge in [-0.3, -0.25) is 9.36 Å². The number of aromatic nitrogens is 3. The number of hydrogen-bond acceptors (Lipinski definition) is 4. The highest BCUT2D eigenvalue weighted by atomic mass is 16.5. The van der Waals surface area contributed by atoms with Gasteiger partial charge in [0.05, 0.1) is 7.11 Å². The zero-order valence-electron chi connectivity index (χ0n) is 18.0.